The molecule has 0 spiro atoms. The summed E-state index contributed by atoms with van der Waals surface area (Å²) in [6.45, 7) is 4.17. The standard InChI is InChI=1S/C27H25BrN2O4/c1-4-13-33-20-9-5-17(6-10-20)22-16-23-21-15-19(28)8-12-24(21)34-27(30(23)29-22)18-7-11-25(31-2)26(14-18)32-3/h4-12,14-15,23,27H,1,13,16H2,2-3H3/t23-,27+/m1/s1. The van der Waals surface area contributed by atoms with Gasteiger partial charge in [-0.25, -0.2) is 5.01 Å². The highest BCUT2D eigenvalue weighted by molar-refractivity contribution is 9.10. The first kappa shape index (κ1) is 22.3. The fraction of sp³-hybridized carbons (Fsp3) is 0.222. The average molecular weight is 521 g/mol. The Morgan fingerprint density at radius 1 is 1.06 bits per heavy atom. The molecule has 0 unspecified atom stereocenters. The van der Waals surface area contributed by atoms with Crippen LogP contribution in [0.5, 0.6) is 23.0 Å². The fourth-order valence-corrected chi connectivity index (χ4v) is 4.74. The zero-order valence-corrected chi connectivity index (χ0v) is 20.6. The summed E-state index contributed by atoms with van der Waals surface area (Å²) < 4.78 is 24.1. The lowest BCUT2D eigenvalue weighted by Gasteiger charge is -2.38. The molecule has 0 N–H and O–H groups in total. The van der Waals surface area contributed by atoms with E-state index >= 15 is 0 Å². The summed E-state index contributed by atoms with van der Waals surface area (Å²) in [6, 6.07) is 20.0. The van der Waals surface area contributed by atoms with Crippen LogP contribution in [-0.4, -0.2) is 31.5 Å². The second kappa shape index (κ2) is 9.43. The molecule has 0 saturated carbocycles. The van der Waals surface area contributed by atoms with Gasteiger partial charge in [-0.3, -0.25) is 0 Å². The number of rotatable bonds is 7. The zero-order valence-electron chi connectivity index (χ0n) is 19.0. The molecule has 0 fully saturated rings. The van der Waals surface area contributed by atoms with Gasteiger partial charge >= 0.3 is 0 Å². The molecule has 34 heavy (non-hydrogen) atoms. The monoisotopic (exact) mass is 520 g/mol. The third-order valence-electron chi connectivity index (χ3n) is 6.00. The molecule has 174 valence electrons. The molecule has 0 bridgehead atoms. The Balaban J connectivity index is 1.53. The van der Waals surface area contributed by atoms with E-state index in [0.717, 1.165) is 44.8 Å². The Morgan fingerprint density at radius 3 is 2.59 bits per heavy atom. The van der Waals surface area contributed by atoms with Gasteiger partial charge in [-0.1, -0.05) is 28.6 Å². The summed E-state index contributed by atoms with van der Waals surface area (Å²) in [7, 11) is 3.26. The molecule has 6 nitrogen and oxygen atoms in total. The van der Waals surface area contributed by atoms with Crippen LogP contribution in [0.2, 0.25) is 0 Å². The third-order valence-corrected chi connectivity index (χ3v) is 6.49. The maximum Gasteiger partial charge on any atom is 0.214 e. The van der Waals surface area contributed by atoms with E-state index in [0.29, 0.717) is 18.1 Å². The van der Waals surface area contributed by atoms with Crippen LogP contribution in [0.25, 0.3) is 0 Å². The highest BCUT2D eigenvalue weighted by atomic mass is 79.9. The van der Waals surface area contributed by atoms with Crippen molar-refractivity contribution in [3.63, 3.8) is 0 Å². The summed E-state index contributed by atoms with van der Waals surface area (Å²) in [5, 5.41) is 7.09. The molecule has 2 heterocycles. The van der Waals surface area contributed by atoms with E-state index in [1.807, 2.05) is 59.6 Å². The molecule has 3 aromatic rings. The first-order valence-corrected chi connectivity index (χ1v) is 11.8. The third kappa shape index (κ3) is 4.12. The highest BCUT2D eigenvalue weighted by Crippen LogP contribution is 2.49. The minimum absolute atomic E-state index is 0.0473. The van der Waals surface area contributed by atoms with Crippen LogP contribution >= 0.6 is 15.9 Å². The number of halogens is 1. The summed E-state index contributed by atoms with van der Waals surface area (Å²) in [5.74, 6) is 2.99. The van der Waals surface area contributed by atoms with Crippen molar-refractivity contribution in [2.75, 3.05) is 20.8 Å². The lowest BCUT2D eigenvalue weighted by atomic mass is 9.96. The van der Waals surface area contributed by atoms with Crippen LogP contribution in [0.1, 0.15) is 35.4 Å². The van der Waals surface area contributed by atoms with Gasteiger partial charge in [-0.2, -0.15) is 5.10 Å². The number of fused-ring (bicyclic) bond motifs is 3. The number of benzene rings is 3. The number of ether oxygens (including phenoxy) is 4. The maximum atomic E-state index is 6.48. The Labute approximate surface area is 207 Å². The van der Waals surface area contributed by atoms with Crippen LogP contribution in [0.3, 0.4) is 0 Å². The van der Waals surface area contributed by atoms with E-state index in [1.54, 1.807) is 20.3 Å². The van der Waals surface area contributed by atoms with Crippen molar-refractivity contribution in [1.29, 1.82) is 0 Å². The minimum Gasteiger partial charge on any atom is -0.493 e. The van der Waals surface area contributed by atoms with Crippen molar-refractivity contribution >= 4 is 21.6 Å². The van der Waals surface area contributed by atoms with E-state index in [9.17, 15) is 0 Å². The lowest BCUT2D eigenvalue weighted by molar-refractivity contribution is -0.0192. The van der Waals surface area contributed by atoms with Gasteiger partial charge in [0.25, 0.3) is 0 Å². The van der Waals surface area contributed by atoms with Crippen molar-refractivity contribution in [3.8, 4) is 23.0 Å². The van der Waals surface area contributed by atoms with E-state index in [2.05, 4.69) is 28.6 Å². The molecule has 5 rings (SSSR count). The topological polar surface area (TPSA) is 52.5 Å². The molecule has 0 radical (unpaired) electrons. The Morgan fingerprint density at radius 2 is 1.85 bits per heavy atom. The largest absolute Gasteiger partial charge is 0.493 e. The van der Waals surface area contributed by atoms with Crippen LogP contribution in [0.15, 0.2) is 82.9 Å². The van der Waals surface area contributed by atoms with Gasteiger partial charge in [-0.15, -0.1) is 0 Å². The Kier molecular flexibility index (Phi) is 6.20. The van der Waals surface area contributed by atoms with Crippen molar-refractivity contribution in [1.82, 2.24) is 5.01 Å². The van der Waals surface area contributed by atoms with Gasteiger partial charge in [0.15, 0.2) is 11.5 Å². The molecule has 7 heteroatoms. The molecule has 0 aliphatic carbocycles. The number of methoxy groups -OCH3 is 2. The molecule has 0 amide bonds. The molecule has 0 saturated heterocycles. The highest BCUT2D eigenvalue weighted by Gasteiger charge is 2.41. The van der Waals surface area contributed by atoms with E-state index in [1.165, 1.54) is 0 Å². The average Bonchev–Trinajstić information content (AvgIpc) is 3.33. The lowest BCUT2D eigenvalue weighted by Crippen LogP contribution is -2.33. The summed E-state index contributed by atoms with van der Waals surface area (Å²) in [5.41, 5.74) is 4.11. The van der Waals surface area contributed by atoms with Crippen molar-refractivity contribution in [2.45, 2.75) is 18.7 Å². The molecule has 0 aromatic heterocycles. The van der Waals surface area contributed by atoms with E-state index in [4.69, 9.17) is 24.0 Å². The summed E-state index contributed by atoms with van der Waals surface area (Å²) in [6.07, 6.45) is 2.10. The van der Waals surface area contributed by atoms with E-state index in [-0.39, 0.29) is 6.04 Å². The van der Waals surface area contributed by atoms with E-state index < -0.39 is 6.23 Å². The minimum atomic E-state index is -0.397. The van der Waals surface area contributed by atoms with Crippen LogP contribution in [-0.2, 0) is 0 Å². The first-order valence-electron chi connectivity index (χ1n) is 11.0. The molecular formula is C27H25BrN2O4. The quantitative estimate of drug-likeness (QED) is 0.343. The molecule has 2 aliphatic rings. The second-order valence-electron chi connectivity index (χ2n) is 8.04. The fourth-order valence-electron chi connectivity index (χ4n) is 4.36. The predicted molar refractivity (Wildman–Crippen MR) is 135 cm³/mol. The van der Waals surface area contributed by atoms with Gasteiger partial charge in [0.1, 0.15) is 18.1 Å². The van der Waals surface area contributed by atoms with Crippen LogP contribution < -0.4 is 18.9 Å². The molecule has 2 aliphatic heterocycles. The number of hydrogen-bond donors (Lipinski definition) is 0. The molecule has 2 atom stereocenters. The molecule has 3 aromatic carbocycles. The normalized spacial score (nSPS) is 18.3. The van der Waals surface area contributed by atoms with Crippen molar-refractivity contribution < 1.29 is 18.9 Å². The smallest absolute Gasteiger partial charge is 0.214 e. The Bertz CT molecular complexity index is 1240. The SMILES string of the molecule is C=CCOc1ccc(C2=NN3[C@H](C2)c2cc(Br)ccc2O[C@H]3c2ccc(OC)c(OC)c2)cc1. The number of hydrazone groups is 1. The van der Waals surface area contributed by atoms with Crippen LogP contribution in [0, 0.1) is 0 Å². The Hall–Kier alpha value is -3.45. The van der Waals surface area contributed by atoms with Gasteiger partial charge in [0.2, 0.25) is 6.23 Å². The van der Waals surface area contributed by atoms with Gasteiger partial charge in [0.05, 0.1) is 26.0 Å². The molecular weight excluding hydrogens is 496 g/mol. The summed E-state index contributed by atoms with van der Waals surface area (Å²) >= 11 is 3.61. The van der Waals surface area contributed by atoms with Gasteiger partial charge < -0.3 is 18.9 Å². The van der Waals surface area contributed by atoms with Gasteiger partial charge in [0, 0.05) is 22.0 Å². The predicted octanol–water partition coefficient (Wildman–Crippen LogP) is 6.27. The van der Waals surface area contributed by atoms with Crippen LogP contribution in [0.4, 0.5) is 0 Å². The number of hydrogen-bond acceptors (Lipinski definition) is 6. The van der Waals surface area contributed by atoms with Crippen molar-refractivity contribution in [2.24, 2.45) is 5.10 Å². The zero-order chi connectivity index (χ0) is 23.7. The number of nitrogens with zero attached hydrogens (tertiary/aromatic N) is 2. The first-order chi connectivity index (χ1) is 16.6. The maximum absolute atomic E-state index is 6.48. The van der Waals surface area contributed by atoms with Gasteiger partial charge in [-0.05, 0) is 66.2 Å². The second-order valence-corrected chi connectivity index (χ2v) is 8.95. The summed E-state index contributed by atoms with van der Waals surface area (Å²) in [4.78, 5) is 0. The van der Waals surface area contributed by atoms with Crippen molar-refractivity contribution in [3.05, 3.63) is 94.5 Å².